The number of rotatable bonds is 3. The van der Waals surface area contributed by atoms with Crippen LogP contribution in [0.1, 0.15) is 32.0 Å². The summed E-state index contributed by atoms with van der Waals surface area (Å²) in [6, 6.07) is 0. The van der Waals surface area contributed by atoms with Crippen molar-refractivity contribution in [2.45, 2.75) is 20.8 Å². The van der Waals surface area contributed by atoms with Crippen LogP contribution < -0.4 is 5.56 Å². The highest BCUT2D eigenvalue weighted by Gasteiger charge is 2.23. The zero-order valence-corrected chi connectivity index (χ0v) is 10.6. The Hall–Kier alpha value is -2.37. The molecule has 0 unspecified atom stereocenters. The van der Waals surface area contributed by atoms with Gasteiger partial charge in [-0.2, -0.15) is 0 Å². The monoisotopic (exact) mass is 252 g/mol. The number of H-pyrrole nitrogens is 1. The van der Waals surface area contributed by atoms with Crippen LogP contribution in [-0.2, 0) is 0 Å². The van der Waals surface area contributed by atoms with Crippen LogP contribution in [0.2, 0.25) is 0 Å². The molecule has 1 heterocycles. The van der Waals surface area contributed by atoms with E-state index >= 15 is 0 Å². The standard InChI is InChI=1S/C10H10N2O4.C2H6/c1-3-5-6-7(4-2)11-10(14)8(9(6)13)12(15)16;1-2/h3-5H,2H2,1H3,(H2,11,13,14);1-2H3/b5-3-;. The van der Waals surface area contributed by atoms with Crippen molar-refractivity contribution in [1.82, 2.24) is 4.98 Å². The first-order valence-corrected chi connectivity index (χ1v) is 5.41. The van der Waals surface area contributed by atoms with Crippen LogP contribution in [0.5, 0.6) is 5.75 Å². The van der Waals surface area contributed by atoms with Crippen LogP contribution in [0.15, 0.2) is 17.4 Å². The van der Waals surface area contributed by atoms with Gasteiger partial charge in [0.05, 0.1) is 10.6 Å². The number of aromatic amines is 1. The van der Waals surface area contributed by atoms with Crippen molar-refractivity contribution in [2.75, 3.05) is 0 Å². The summed E-state index contributed by atoms with van der Waals surface area (Å²) in [7, 11) is 0. The van der Waals surface area contributed by atoms with Gasteiger partial charge in [-0.05, 0) is 13.0 Å². The Bertz CT molecular complexity index is 530. The number of allylic oxidation sites excluding steroid dienone is 1. The fraction of sp³-hybridized carbons (Fsp3) is 0.250. The summed E-state index contributed by atoms with van der Waals surface area (Å²) < 4.78 is 0. The molecule has 6 heteroatoms. The lowest BCUT2D eigenvalue weighted by Crippen LogP contribution is -2.14. The van der Waals surface area contributed by atoms with E-state index in [1.165, 1.54) is 12.2 Å². The van der Waals surface area contributed by atoms with Crippen molar-refractivity contribution < 1.29 is 10.0 Å². The SMILES string of the molecule is C=Cc1[nH]c(=O)c([N+](=O)[O-])c(O)c1/C=C\C.CC. The Morgan fingerprint density at radius 1 is 1.44 bits per heavy atom. The minimum absolute atomic E-state index is 0.170. The second kappa shape index (κ2) is 7.05. The first-order valence-electron chi connectivity index (χ1n) is 5.41. The summed E-state index contributed by atoms with van der Waals surface area (Å²) in [6.45, 7) is 9.13. The van der Waals surface area contributed by atoms with Crippen LogP contribution >= 0.6 is 0 Å². The number of aromatic hydroxyl groups is 1. The molecule has 0 aromatic carbocycles. The van der Waals surface area contributed by atoms with E-state index in [1.54, 1.807) is 13.0 Å². The number of aromatic nitrogens is 1. The predicted molar refractivity (Wildman–Crippen MR) is 71.5 cm³/mol. The molecule has 1 rings (SSSR count). The fourth-order valence-electron chi connectivity index (χ4n) is 1.28. The zero-order valence-electron chi connectivity index (χ0n) is 10.6. The average molecular weight is 252 g/mol. The minimum atomic E-state index is -0.953. The van der Waals surface area contributed by atoms with E-state index in [2.05, 4.69) is 11.6 Å². The fourth-order valence-corrected chi connectivity index (χ4v) is 1.28. The smallest absolute Gasteiger partial charge is 0.375 e. The number of hydrogen-bond acceptors (Lipinski definition) is 4. The average Bonchev–Trinajstić information content (AvgIpc) is 2.34. The van der Waals surface area contributed by atoms with E-state index < -0.39 is 21.9 Å². The minimum Gasteiger partial charge on any atom is -0.501 e. The van der Waals surface area contributed by atoms with Crippen molar-refractivity contribution in [2.24, 2.45) is 0 Å². The largest absolute Gasteiger partial charge is 0.501 e. The Morgan fingerprint density at radius 3 is 2.39 bits per heavy atom. The lowest BCUT2D eigenvalue weighted by Gasteiger charge is -2.03. The molecule has 1 aromatic heterocycles. The van der Waals surface area contributed by atoms with Gasteiger partial charge in [-0.3, -0.25) is 14.9 Å². The van der Waals surface area contributed by atoms with Crippen molar-refractivity contribution in [3.05, 3.63) is 44.4 Å². The Labute approximate surface area is 104 Å². The van der Waals surface area contributed by atoms with Gasteiger partial charge in [0, 0.05) is 5.56 Å². The molecule has 18 heavy (non-hydrogen) atoms. The first kappa shape index (κ1) is 15.6. The third-order valence-corrected chi connectivity index (χ3v) is 1.95. The van der Waals surface area contributed by atoms with Gasteiger partial charge in [0.25, 0.3) is 0 Å². The van der Waals surface area contributed by atoms with Crippen molar-refractivity contribution in [3.63, 3.8) is 0 Å². The topological polar surface area (TPSA) is 96.2 Å². The molecule has 0 radical (unpaired) electrons. The highest BCUT2D eigenvalue weighted by molar-refractivity contribution is 5.70. The van der Waals surface area contributed by atoms with E-state index in [0.717, 1.165) is 0 Å². The van der Waals surface area contributed by atoms with E-state index in [9.17, 15) is 20.0 Å². The quantitative estimate of drug-likeness (QED) is 0.638. The van der Waals surface area contributed by atoms with Crippen LogP contribution in [0.25, 0.3) is 12.2 Å². The molecule has 0 aliphatic carbocycles. The lowest BCUT2D eigenvalue weighted by molar-refractivity contribution is -0.387. The molecule has 0 bridgehead atoms. The maximum absolute atomic E-state index is 11.3. The molecule has 0 spiro atoms. The van der Waals surface area contributed by atoms with Crippen molar-refractivity contribution in [3.8, 4) is 5.75 Å². The summed E-state index contributed by atoms with van der Waals surface area (Å²) >= 11 is 0. The molecule has 0 atom stereocenters. The second-order valence-corrected chi connectivity index (χ2v) is 2.94. The van der Waals surface area contributed by atoms with Gasteiger partial charge < -0.3 is 10.1 Å². The van der Waals surface area contributed by atoms with E-state index in [0.29, 0.717) is 0 Å². The molecule has 0 saturated carbocycles. The molecule has 0 aliphatic rings. The maximum atomic E-state index is 11.3. The molecule has 6 nitrogen and oxygen atoms in total. The molecule has 98 valence electrons. The Morgan fingerprint density at radius 2 is 2.00 bits per heavy atom. The van der Waals surface area contributed by atoms with Crippen molar-refractivity contribution in [1.29, 1.82) is 0 Å². The highest BCUT2D eigenvalue weighted by atomic mass is 16.6. The lowest BCUT2D eigenvalue weighted by atomic mass is 10.1. The molecular formula is C12H16N2O4. The predicted octanol–water partition coefficient (Wildman–Crippen LogP) is 2.69. The van der Waals surface area contributed by atoms with Gasteiger partial charge in [-0.1, -0.05) is 32.6 Å². The van der Waals surface area contributed by atoms with Crippen molar-refractivity contribution >= 4 is 17.8 Å². The number of nitrogens with one attached hydrogen (secondary N) is 1. The molecule has 0 saturated heterocycles. The van der Waals surface area contributed by atoms with E-state index in [4.69, 9.17) is 0 Å². The highest BCUT2D eigenvalue weighted by Crippen LogP contribution is 2.29. The zero-order chi connectivity index (χ0) is 14.3. The van der Waals surface area contributed by atoms with Gasteiger partial charge >= 0.3 is 11.2 Å². The first-order chi connectivity index (χ1) is 8.52. The normalized spacial score (nSPS) is 9.72. The maximum Gasteiger partial charge on any atom is 0.375 e. The molecule has 0 aliphatic heterocycles. The number of nitro groups is 1. The van der Waals surface area contributed by atoms with Crippen LogP contribution in [0, 0.1) is 10.1 Å². The molecule has 0 fully saturated rings. The molecule has 0 amide bonds. The second-order valence-electron chi connectivity index (χ2n) is 2.94. The van der Waals surface area contributed by atoms with E-state index in [1.807, 2.05) is 13.8 Å². The number of nitrogens with zero attached hydrogens (tertiary/aromatic N) is 1. The van der Waals surface area contributed by atoms with Crippen LogP contribution in [-0.4, -0.2) is 15.0 Å². The van der Waals surface area contributed by atoms with E-state index in [-0.39, 0.29) is 11.3 Å². The summed E-state index contributed by atoms with van der Waals surface area (Å²) in [5.41, 5.74) is -1.40. The summed E-state index contributed by atoms with van der Waals surface area (Å²) in [6.07, 6.45) is 4.35. The summed E-state index contributed by atoms with van der Waals surface area (Å²) in [5.74, 6) is -0.651. The Balaban J connectivity index is 0.00000137. The van der Waals surface area contributed by atoms with Gasteiger partial charge in [0.15, 0.2) is 0 Å². The third kappa shape index (κ3) is 3.07. The molecule has 2 N–H and O–H groups in total. The van der Waals surface area contributed by atoms with Crippen LogP contribution in [0.4, 0.5) is 5.69 Å². The number of hydrogen-bond donors (Lipinski definition) is 2. The number of pyridine rings is 1. The molecule has 1 aromatic rings. The third-order valence-electron chi connectivity index (χ3n) is 1.95. The van der Waals surface area contributed by atoms with Gasteiger partial charge in [-0.25, -0.2) is 0 Å². The summed E-state index contributed by atoms with van der Waals surface area (Å²) in [4.78, 5) is 23.2. The van der Waals surface area contributed by atoms with Gasteiger partial charge in [-0.15, -0.1) is 0 Å². The van der Waals surface area contributed by atoms with Gasteiger partial charge in [0.2, 0.25) is 5.75 Å². The van der Waals surface area contributed by atoms with Crippen LogP contribution in [0.3, 0.4) is 0 Å². The summed E-state index contributed by atoms with van der Waals surface area (Å²) in [5, 5.41) is 20.2. The Kier molecular flexibility index (Phi) is 6.12. The van der Waals surface area contributed by atoms with Gasteiger partial charge in [0.1, 0.15) is 0 Å². The molecular weight excluding hydrogens is 236 g/mol.